The molecule has 3 N–H and O–H groups in total. The van der Waals surface area contributed by atoms with E-state index >= 15 is 0 Å². The van der Waals surface area contributed by atoms with Gasteiger partial charge in [0.05, 0.1) is 5.69 Å². The highest BCUT2D eigenvalue weighted by Crippen LogP contribution is 2.28. The van der Waals surface area contributed by atoms with Gasteiger partial charge < -0.3 is 16.0 Å². The minimum absolute atomic E-state index is 0.0835. The molecule has 1 unspecified atom stereocenters. The lowest BCUT2D eigenvalue weighted by Gasteiger charge is -2.23. The van der Waals surface area contributed by atoms with Crippen LogP contribution >= 0.6 is 11.8 Å². The van der Waals surface area contributed by atoms with Crippen molar-refractivity contribution >= 4 is 35.0 Å². The van der Waals surface area contributed by atoms with Crippen LogP contribution < -0.4 is 16.0 Å². The molecule has 1 aromatic rings. The Morgan fingerprint density at radius 3 is 3.05 bits per heavy atom. The Morgan fingerprint density at radius 2 is 2.27 bits per heavy atom. The summed E-state index contributed by atoms with van der Waals surface area (Å²) in [6, 6.07) is 3.01. The zero-order valence-electron chi connectivity index (χ0n) is 12.1. The average molecular weight is 323 g/mol. The summed E-state index contributed by atoms with van der Waals surface area (Å²) in [6.45, 7) is 0.891. The smallest absolute Gasteiger partial charge is 0.226 e. The molecule has 2 heterocycles. The van der Waals surface area contributed by atoms with E-state index in [0.717, 1.165) is 23.6 Å². The van der Waals surface area contributed by atoms with Crippen LogP contribution in [0.5, 0.6) is 0 Å². The van der Waals surface area contributed by atoms with Gasteiger partial charge in [0.2, 0.25) is 11.8 Å². The number of rotatable bonds is 3. The second-order valence-electron chi connectivity index (χ2n) is 5.52. The fourth-order valence-corrected chi connectivity index (χ4v) is 3.62. The van der Waals surface area contributed by atoms with E-state index in [0.29, 0.717) is 24.9 Å². The van der Waals surface area contributed by atoms with E-state index in [4.69, 9.17) is 0 Å². The fraction of sp³-hybridized carbons (Fsp3) is 0.467. The summed E-state index contributed by atoms with van der Waals surface area (Å²) >= 11 is 1.81. The molecular weight excluding hydrogens is 305 g/mol. The van der Waals surface area contributed by atoms with Crippen LogP contribution in [0.25, 0.3) is 0 Å². The quantitative estimate of drug-likeness (QED) is 0.792. The van der Waals surface area contributed by atoms with Crippen molar-refractivity contribution in [1.82, 2.24) is 5.32 Å². The molecule has 0 saturated carbocycles. The molecule has 1 atom stereocenters. The van der Waals surface area contributed by atoms with Gasteiger partial charge in [-0.15, -0.1) is 0 Å². The van der Waals surface area contributed by atoms with Gasteiger partial charge in [-0.3, -0.25) is 9.59 Å². The zero-order valence-corrected chi connectivity index (χ0v) is 12.9. The Hall–Kier alpha value is -1.60. The van der Waals surface area contributed by atoms with Gasteiger partial charge in [0, 0.05) is 42.6 Å². The van der Waals surface area contributed by atoms with Crippen molar-refractivity contribution in [3.8, 4) is 0 Å². The number of anilines is 2. The molecule has 5 nitrogen and oxygen atoms in total. The largest absolute Gasteiger partial charge is 0.326 e. The van der Waals surface area contributed by atoms with E-state index in [-0.39, 0.29) is 23.5 Å². The highest BCUT2D eigenvalue weighted by Gasteiger charge is 2.20. The van der Waals surface area contributed by atoms with Crippen LogP contribution in [0.4, 0.5) is 15.8 Å². The minimum Gasteiger partial charge on any atom is -0.326 e. The maximum Gasteiger partial charge on any atom is 0.226 e. The summed E-state index contributed by atoms with van der Waals surface area (Å²) < 4.78 is 14.1. The Balaban J connectivity index is 1.67. The second kappa shape index (κ2) is 6.66. The first-order valence-corrected chi connectivity index (χ1v) is 8.50. The topological polar surface area (TPSA) is 70.2 Å². The molecule has 7 heteroatoms. The van der Waals surface area contributed by atoms with Gasteiger partial charge in [-0.05, 0) is 24.1 Å². The van der Waals surface area contributed by atoms with Crippen molar-refractivity contribution < 1.29 is 14.0 Å². The highest BCUT2D eigenvalue weighted by atomic mass is 32.2. The lowest BCUT2D eigenvalue weighted by molar-refractivity contribution is -0.117. The van der Waals surface area contributed by atoms with E-state index in [1.54, 1.807) is 0 Å². The molecule has 22 heavy (non-hydrogen) atoms. The number of hydrogen-bond donors (Lipinski definition) is 3. The third-order valence-electron chi connectivity index (χ3n) is 3.79. The summed E-state index contributed by atoms with van der Waals surface area (Å²) in [5.74, 6) is 1.17. The van der Waals surface area contributed by atoms with Crippen molar-refractivity contribution in [3.05, 3.63) is 23.5 Å². The van der Waals surface area contributed by atoms with Crippen LogP contribution in [0, 0.1) is 5.82 Å². The number of nitrogens with one attached hydrogen (secondary N) is 3. The molecule has 2 aliphatic heterocycles. The van der Waals surface area contributed by atoms with Gasteiger partial charge >= 0.3 is 0 Å². The van der Waals surface area contributed by atoms with Crippen LogP contribution in [0.1, 0.15) is 18.4 Å². The number of amides is 2. The molecule has 1 saturated heterocycles. The van der Waals surface area contributed by atoms with Crippen LogP contribution in [0.2, 0.25) is 0 Å². The van der Waals surface area contributed by atoms with Gasteiger partial charge in [-0.25, -0.2) is 4.39 Å². The molecular formula is C15H18FN3O2S. The minimum atomic E-state index is -0.464. The predicted octanol–water partition coefficient (Wildman–Crippen LogP) is 1.74. The molecule has 0 aromatic heterocycles. The summed E-state index contributed by atoms with van der Waals surface area (Å²) in [7, 11) is 0. The first-order valence-electron chi connectivity index (χ1n) is 7.35. The summed E-state index contributed by atoms with van der Waals surface area (Å²) in [4.78, 5) is 23.5. The molecule has 1 aromatic carbocycles. The van der Waals surface area contributed by atoms with Crippen molar-refractivity contribution in [2.75, 3.05) is 28.7 Å². The molecule has 0 spiro atoms. The number of halogens is 1. The van der Waals surface area contributed by atoms with E-state index in [2.05, 4.69) is 16.0 Å². The zero-order chi connectivity index (χ0) is 15.5. The van der Waals surface area contributed by atoms with E-state index in [1.165, 1.54) is 12.1 Å². The maximum atomic E-state index is 14.1. The van der Waals surface area contributed by atoms with Crippen LogP contribution in [-0.2, 0) is 16.0 Å². The number of hydrogen-bond acceptors (Lipinski definition) is 4. The first-order chi connectivity index (χ1) is 10.6. The second-order valence-corrected chi connectivity index (χ2v) is 6.67. The fourth-order valence-electron chi connectivity index (χ4n) is 2.67. The Bertz CT molecular complexity index is 603. The predicted molar refractivity (Wildman–Crippen MR) is 85.7 cm³/mol. The van der Waals surface area contributed by atoms with Crippen molar-refractivity contribution in [2.24, 2.45) is 0 Å². The molecule has 2 amide bonds. The van der Waals surface area contributed by atoms with Gasteiger partial charge in [-0.2, -0.15) is 11.8 Å². The molecule has 0 bridgehead atoms. The number of carbonyl (C=O) groups excluding carboxylic acids is 2. The standard InChI is InChI=1S/C15H18FN3O2S/c16-11-5-9-1-2-14(20)18-12(9)7-13(11)19-15(21)6-10-8-22-4-3-17-10/h5,7,10,17H,1-4,6,8H2,(H,18,20)(H,19,21). The van der Waals surface area contributed by atoms with Crippen molar-refractivity contribution in [1.29, 1.82) is 0 Å². The number of benzene rings is 1. The van der Waals surface area contributed by atoms with Crippen molar-refractivity contribution in [3.63, 3.8) is 0 Å². The first kappa shape index (κ1) is 15.3. The van der Waals surface area contributed by atoms with Gasteiger partial charge in [-0.1, -0.05) is 0 Å². The summed E-state index contributed by atoms with van der Waals surface area (Å²) in [5, 5.41) is 8.59. The van der Waals surface area contributed by atoms with Crippen molar-refractivity contribution in [2.45, 2.75) is 25.3 Å². The van der Waals surface area contributed by atoms with Crippen LogP contribution in [-0.4, -0.2) is 35.9 Å². The Labute approximate surface area is 132 Å². The van der Waals surface area contributed by atoms with Gasteiger partial charge in [0.1, 0.15) is 5.82 Å². The number of aryl methyl sites for hydroxylation is 1. The maximum absolute atomic E-state index is 14.1. The van der Waals surface area contributed by atoms with E-state index in [9.17, 15) is 14.0 Å². The number of fused-ring (bicyclic) bond motifs is 1. The number of thioether (sulfide) groups is 1. The molecule has 0 aliphatic carbocycles. The summed E-state index contributed by atoms with van der Waals surface area (Å²) in [5.41, 5.74) is 1.47. The Morgan fingerprint density at radius 1 is 1.41 bits per heavy atom. The lowest BCUT2D eigenvalue weighted by atomic mass is 10.0. The number of carbonyl (C=O) groups is 2. The third-order valence-corrected chi connectivity index (χ3v) is 4.92. The average Bonchev–Trinajstić information content (AvgIpc) is 2.49. The molecule has 118 valence electrons. The van der Waals surface area contributed by atoms with Gasteiger partial charge in [0.15, 0.2) is 0 Å². The SMILES string of the molecule is O=C(CC1CSCCN1)Nc1cc2c(cc1F)CCC(=O)N2. The summed E-state index contributed by atoms with van der Waals surface area (Å²) in [6.07, 6.45) is 1.20. The normalized spacial score (nSPS) is 21.0. The van der Waals surface area contributed by atoms with E-state index in [1.807, 2.05) is 11.8 Å². The monoisotopic (exact) mass is 323 g/mol. The van der Waals surface area contributed by atoms with Gasteiger partial charge in [0.25, 0.3) is 0 Å². The van der Waals surface area contributed by atoms with E-state index < -0.39 is 5.82 Å². The lowest BCUT2D eigenvalue weighted by Crippen LogP contribution is -2.40. The molecule has 0 radical (unpaired) electrons. The highest BCUT2D eigenvalue weighted by molar-refractivity contribution is 7.99. The Kier molecular flexibility index (Phi) is 4.63. The van der Waals surface area contributed by atoms with Crippen LogP contribution in [0.3, 0.4) is 0 Å². The molecule has 3 rings (SSSR count). The molecule has 2 aliphatic rings. The molecule has 1 fully saturated rings. The van der Waals surface area contributed by atoms with Crippen LogP contribution in [0.15, 0.2) is 12.1 Å². The third kappa shape index (κ3) is 3.59.